The second-order valence-electron chi connectivity index (χ2n) is 12.8. The highest BCUT2D eigenvalue weighted by atomic mass is 35.5. The molecule has 8 atom stereocenters. The Kier molecular flexibility index (Phi) is 17.9. The minimum Gasteiger partial charge on any atom is -0.491 e. The predicted octanol–water partition coefficient (Wildman–Crippen LogP) is -2.52. The Morgan fingerprint density at radius 3 is 2.19 bits per heavy atom. The van der Waals surface area contributed by atoms with Gasteiger partial charge in [0.25, 0.3) is 17.7 Å². The highest BCUT2D eigenvalue weighted by Gasteiger charge is 2.43. The fourth-order valence-corrected chi connectivity index (χ4v) is 5.74. The van der Waals surface area contributed by atoms with E-state index in [0.29, 0.717) is 5.54 Å². The lowest BCUT2D eigenvalue weighted by Crippen LogP contribution is -2.63. The van der Waals surface area contributed by atoms with E-state index in [1.165, 1.54) is 6.92 Å². The van der Waals surface area contributed by atoms with E-state index < -0.39 is 125 Å². The first kappa shape index (κ1) is 45.6. The van der Waals surface area contributed by atoms with Crippen molar-refractivity contribution in [3.05, 3.63) is 22.6 Å². The van der Waals surface area contributed by atoms with E-state index in [4.69, 9.17) is 45.3 Å². The van der Waals surface area contributed by atoms with Crippen molar-refractivity contribution in [3.8, 4) is 0 Å². The molecule has 4 unspecified atom stereocenters. The minimum absolute atomic E-state index is 0.0609. The lowest BCUT2D eigenvalue weighted by Gasteiger charge is -2.34. The summed E-state index contributed by atoms with van der Waals surface area (Å²) in [7, 11) is 0. The monoisotopic (exact) mass is 814 g/mol. The van der Waals surface area contributed by atoms with Crippen LogP contribution in [0.25, 0.3) is 0 Å². The number of carboxylic acid groups (broad SMARTS) is 1. The van der Waals surface area contributed by atoms with Gasteiger partial charge in [-0.2, -0.15) is 0 Å². The lowest BCUT2D eigenvalue weighted by atomic mass is 9.96. The van der Waals surface area contributed by atoms with Crippen LogP contribution in [-0.2, 0) is 38.3 Å². The maximum atomic E-state index is 14.0. The van der Waals surface area contributed by atoms with Gasteiger partial charge in [0, 0.05) is 23.9 Å². The number of alkyl halides is 2. The molecule has 1 aliphatic heterocycles. The van der Waals surface area contributed by atoms with Crippen molar-refractivity contribution >= 4 is 76.1 Å². The number of Topliss-reactive ketones (excluding diaryl/α,β-unsaturated/α-hetero) is 1. The second kappa shape index (κ2) is 20.8. The fraction of sp³-hybridized carbons (Fsp3) is 0.645. The molecule has 12 N–H and O–H groups in total. The van der Waals surface area contributed by atoms with Crippen molar-refractivity contribution in [3.63, 3.8) is 0 Å². The van der Waals surface area contributed by atoms with E-state index in [9.17, 15) is 59.1 Å². The van der Waals surface area contributed by atoms with Gasteiger partial charge in [-0.05, 0) is 37.6 Å². The van der Waals surface area contributed by atoms with Gasteiger partial charge in [-0.25, -0.2) is 4.79 Å². The summed E-state index contributed by atoms with van der Waals surface area (Å²) < 4.78 is 6.09. The zero-order chi connectivity index (χ0) is 40.3. The Morgan fingerprint density at radius 1 is 1.02 bits per heavy atom. The first-order chi connectivity index (χ1) is 24.7. The van der Waals surface area contributed by atoms with Gasteiger partial charge in [-0.1, -0.05) is 32.4 Å². The topological polar surface area (TPSA) is 316 Å². The number of rotatable bonds is 15. The normalized spacial score (nSPS) is 24.3. The van der Waals surface area contributed by atoms with Crippen LogP contribution in [0.5, 0.6) is 0 Å². The van der Waals surface area contributed by atoms with E-state index in [1.807, 2.05) is 0 Å². The van der Waals surface area contributed by atoms with Crippen molar-refractivity contribution in [1.29, 1.82) is 0 Å². The number of aliphatic carboxylic acids is 1. The van der Waals surface area contributed by atoms with Crippen LogP contribution in [0, 0.1) is 11.8 Å². The highest BCUT2D eigenvalue weighted by molar-refractivity contribution is 6.44. The molecule has 1 aliphatic carbocycles. The molecule has 2 rings (SSSR count). The highest BCUT2D eigenvalue weighted by Crippen LogP contribution is 2.31. The van der Waals surface area contributed by atoms with Gasteiger partial charge in [0.05, 0.1) is 6.10 Å². The fourth-order valence-electron chi connectivity index (χ4n) is 5.38. The number of hydrogen-bond acceptors (Lipinski definition) is 13. The summed E-state index contributed by atoms with van der Waals surface area (Å²) in [5.41, 5.74) is 5.26. The number of aliphatic hydroxyl groups excluding tert-OH is 3. The summed E-state index contributed by atoms with van der Waals surface area (Å²) in [5.74, 6) is -10.0. The average Bonchev–Trinajstić information content (AvgIpc) is 3.34. The number of carbonyl (C=O) groups excluding carboxylic acids is 6. The Labute approximate surface area is 319 Å². The lowest BCUT2D eigenvalue weighted by molar-refractivity contribution is -0.150. The minimum atomic E-state index is -2.53. The number of hydrogen-bond donors (Lipinski definition) is 11. The number of amides is 5. The molecule has 0 radical (unpaired) electrons. The third-order valence-corrected chi connectivity index (χ3v) is 9.44. The van der Waals surface area contributed by atoms with Crippen molar-refractivity contribution in [2.45, 2.75) is 106 Å². The largest absolute Gasteiger partial charge is 0.491 e. The van der Waals surface area contributed by atoms with Crippen LogP contribution in [0.4, 0.5) is 0 Å². The summed E-state index contributed by atoms with van der Waals surface area (Å²) in [6.45, 7) is 4.69. The van der Waals surface area contributed by atoms with Crippen LogP contribution in [0.3, 0.4) is 0 Å². The van der Waals surface area contributed by atoms with E-state index in [-0.39, 0.29) is 37.1 Å². The molecule has 19 nitrogen and oxygen atoms in total. The smallest absolute Gasteiger partial charge is 0.326 e. The van der Waals surface area contributed by atoms with Gasteiger partial charge in [-0.15, -0.1) is 23.2 Å². The first-order valence-electron chi connectivity index (χ1n) is 16.4. The van der Waals surface area contributed by atoms with E-state index in [1.54, 1.807) is 13.8 Å². The van der Waals surface area contributed by atoms with Crippen molar-refractivity contribution in [2.75, 3.05) is 6.54 Å². The van der Waals surface area contributed by atoms with Crippen molar-refractivity contribution < 1.29 is 63.8 Å². The number of nitrogens with two attached hydrogens (primary N) is 1. The summed E-state index contributed by atoms with van der Waals surface area (Å²) >= 11 is 17.7. The first-order valence-corrected chi connectivity index (χ1v) is 17.7. The van der Waals surface area contributed by atoms with E-state index in [0.717, 1.165) is 0 Å². The number of carbonyl (C=O) groups is 7. The number of aliphatic hydroxyl groups is 4. The van der Waals surface area contributed by atoms with Crippen LogP contribution < -0.4 is 32.3 Å². The zero-order valence-corrected chi connectivity index (χ0v) is 31.2. The number of carboxylic acids is 1. The standard InChI is InChI=1S/C31H45Cl3N6O13/c1-11(2)23-21(28(47)38-16(10-32)26(45)37-15(30(49)50)8-13-19(53-23)9-18(42)22(13)43)40-27(46)20(17(41)5-4-6-35)39-25(44)14(7-12(3)24(33)34)36-29(48)31(51)52/h10-12,14-15,17-18,20-21,23-24,31,41-42,51-52H,4-9,35H2,1-3H3,(H,36,48)(H,37,45)(H,38,47)(H,39,44)(H,40,46)(H,49,50)/b16-10+/t12?,14-,15?,17+,18?,20-,21?,23-/m0/s1. The second-order valence-corrected chi connectivity index (χ2v) is 14.2. The number of ketones is 1. The quantitative estimate of drug-likeness (QED) is 0.0462. The molecule has 0 spiro atoms. The van der Waals surface area contributed by atoms with Gasteiger partial charge < -0.3 is 62.6 Å². The summed E-state index contributed by atoms with van der Waals surface area (Å²) in [4.78, 5) is 90.5. The molecular weight excluding hydrogens is 771 g/mol. The number of nitrogens with one attached hydrogen (secondary N) is 5. The third-order valence-electron chi connectivity index (χ3n) is 8.36. The Hall–Kier alpha value is -3.56. The van der Waals surface area contributed by atoms with E-state index >= 15 is 0 Å². The van der Waals surface area contributed by atoms with Crippen LogP contribution in [0.15, 0.2) is 22.6 Å². The van der Waals surface area contributed by atoms with Crippen LogP contribution in [0.2, 0.25) is 0 Å². The van der Waals surface area contributed by atoms with E-state index in [2.05, 4.69) is 26.6 Å². The Morgan fingerprint density at radius 2 is 1.66 bits per heavy atom. The molecule has 2 aliphatic rings. The maximum absolute atomic E-state index is 14.0. The zero-order valence-electron chi connectivity index (χ0n) is 28.9. The Balaban J connectivity index is 2.64. The van der Waals surface area contributed by atoms with Gasteiger partial charge in [0.2, 0.25) is 18.1 Å². The Bertz CT molecular complexity index is 1460. The summed E-state index contributed by atoms with van der Waals surface area (Å²) in [6, 6.07) is -6.97. The van der Waals surface area contributed by atoms with Crippen LogP contribution in [0.1, 0.15) is 52.9 Å². The number of ether oxygens (including phenoxy) is 1. The van der Waals surface area contributed by atoms with Gasteiger partial charge in [-0.3, -0.25) is 28.8 Å². The molecule has 0 aromatic heterocycles. The van der Waals surface area contributed by atoms with Crippen molar-refractivity contribution in [2.24, 2.45) is 17.6 Å². The molecule has 298 valence electrons. The molecule has 5 amide bonds. The molecule has 0 saturated carbocycles. The number of halogens is 3. The van der Waals surface area contributed by atoms with Crippen LogP contribution >= 0.6 is 34.8 Å². The van der Waals surface area contributed by atoms with Gasteiger partial charge >= 0.3 is 5.97 Å². The molecule has 22 heteroatoms. The molecule has 0 bridgehead atoms. The third kappa shape index (κ3) is 12.8. The molecule has 0 fully saturated rings. The maximum Gasteiger partial charge on any atom is 0.326 e. The molecule has 0 saturated heterocycles. The van der Waals surface area contributed by atoms with Crippen molar-refractivity contribution in [1.82, 2.24) is 26.6 Å². The predicted molar refractivity (Wildman–Crippen MR) is 186 cm³/mol. The molecular formula is C31H45Cl3N6O13. The summed E-state index contributed by atoms with van der Waals surface area (Å²) in [5, 5.41) is 61.0. The van der Waals surface area contributed by atoms with Crippen LogP contribution in [-0.4, -0.2) is 127 Å². The van der Waals surface area contributed by atoms with Gasteiger partial charge in [0.1, 0.15) is 52.7 Å². The molecule has 53 heavy (non-hydrogen) atoms. The summed E-state index contributed by atoms with van der Waals surface area (Å²) in [6.07, 6.45) is -8.59. The molecule has 1 heterocycles. The average molecular weight is 816 g/mol. The van der Waals surface area contributed by atoms with Gasteiger partial charge in [0.15, 0.2) is 5.78 Å². The molecule has 0 aromatic rings. The SMILES string of the molecule is CC(C[C@H](NC(=O)C(O)O)C(=O)N[C@H](C(=O)NC1C(=O)N/C(=C/Cl)C(=O)NC(C(=O)O)CC2=C(CC(O)C2=O)O[C@H]1C(C)C)[C@H](O)CCCN)C(Cl)Cl. The molecule has 0 aromatic carbocycles.